The van der Waals surface area contributed by atoms with Gasteiger partial charge >= 0.3 is 7.60 Å². The van der Waals surface area contributed by atoms with E-state index >= 15 is 0 Å². The Balaban J connectivity index is 2.02. The zero-order valence-corrected chi connectivity index (χ0v) is 17.2. The molecule has 1 aliphatic rings. The van der Waals surface area contributed by atoms with E-state index in [1.807, 2.05) is 42.7 Å². The van der Waals surface area contributed by atoms with Crippen molar-refractivity contribution in [2.24, 2.45) is 5.92 Å². The SMILES string of the molecule is CCOP(=O)(C/C=C1\Sc2nc3ccccc3n2C1(O)C(C)C)OCC. The summed E-state index contributed by atoms with van der Waals surface area (Å²) in [6.07, 6.45) is 1.90. The minimum atomic E-state index is -3.21. The number of aromatic nitrogens is 2. The van der Waals surface area contributed by atoms with Gasteiger partial charge in [-0.1, -0.05) is 43.8 Å². The summed E-state index contributed by atoms with van der Waals surface area (Å²) in [4.78, 5) is 5.34. The Morgan fingerprint density at radius 1 is 1.31 bits per heavy atom. The quantitative estimate of drug-likeness (QED) is 0.690. The summed E-state index contributed by atoms with van der Waals surface area (Å²) in [7, 11) is -3.21. The first-order valence-corrected chi connectivity index (χ1v) is 11.4. The second kappa shape index (κ2) is 7.49. The van der Waals surface area contributed by atoms with E-state index in [4.69, 9.17) is 9.05 Å². The molecule has 0 bridgehead atoms. The van der Waals surface area contributed by atoms with Crippen molar-refractivity contribution >= 4 is 30.4 Å². The molecule has 0 saturated heterocycles. The number of fused-ring (bicyclic) bond motifs is 3. The minimum absolute atomic E-state index is 0.0984. The number of hydrogen-bond acceptors (Lipinski definition) is 6. The van der Waals surface area contributed by atoms with Crippen LogP contribution in [0, 0.1) is 5.92 Å². The lowest BCUT2D eigenvalue weighted by Gasteiger charge is -2.31. The Kier molecular flexibility index (Phi) is 5.66. The first-order valence-electron chi connectivity index (χ1n) is 8.82. The molecule has 1 unspecified atom stereocenters. The van der Waals surface area contributed by atoms with Crippen LogP contribution in [0.25, 0.3) is 11.0 Å². The molecule has 0 aliphatic carbocycles. The number of rotatable bonds is 7. The molecule has 0 amide bonds. The van der Waals surface area contributed by atoms with E-state index in [2.05, 4.69) is 4.98 Å². The van der Waals surface area contributed by atoms with Gasteiger partial charge in [-0.15, -0.1) is 0 Å². The fourth-order valence-electron chi connectivity index (χ4n) is 3.15. The Morgan fingerprint density at radius 3 is 2.58 bits per heavy atom. The van der Waals surface area contributed by atoms with E-state index in [0.717, 1.165) is 16.2 Å². The summed E-state index contributed by atoms with van der Waals surface area (Å²) in [6, 6.07) is 7.75. The van der Waals surface area contributed by atoms with Crippen LogP contribution in [0.15, 0.2) is 40.4 Å². The van der Waals surface area contributed by atoms with Gasteiger partial charge in [0.15, 0.2) is 10.9 Å². The summed E-state index contributed by atoms with van der Waals surface area (Å²) < 4.78 is 25.4. The maximum atomic E-state index is 12.8. The normalized spacial score (nSPS) is 21.8. The summed E-state index contributed by atoms with van der Waals surface area (Å²) in [6.45, 7) is 8.12. The van der Waals surface area contributed by atoms with Crippen molar-refractivity contribution in [3.63, 3.8) is 0 Å². The molecule has 0 saturated carbocycles. The summed E-state index contributed by atoms with van der Waals surface area (Å²) in [5.74, 6) is -0.0984. The second-order valence-electron chi connectivity index (χ2n) is 6.40. The maximum Gasteiger partial charge on any atom is 0.334 e. The molecule has 1 N–H and O–H groups in total. The topological polar surface area (TPSA) is 73.6 Å². The van der Waals surface area contributed by atoms with Crippen molar-refractivity contribution in [2.45, 2.75) is 38.6 Å². The third-order valence-corrected chi connectivity index (χ3v) is 7.47. The van der Waals surface area contributed by atoms with E-state index in [0.29, 0.717) is 18.1 Å². The summed E-state index contributed by atoms with van der Waals surface area (Å²) >= 11 is 1.40. The van der Waals surface area contributed by atoms with E-state index < -0.39 is 13.3 Å². The standard InChI is InChI=1S/C18H25N2O4PS/c1-5-23-25(22,24-6-2)12-11-16-18(21,13(3)4)20-15-10-8-7-9-14(15)19-17(20)26-16/h7-11,13,21H,5-6,12H2,1-4H3/b16-11-. The molecule has 2 aromatic rings. The first kappa shape index (κ1) is 19.6. The molecule has 0 radical (unpaired) electrons. The molecule has 1 aliphatic heterocycles. The van der Waals surface area contributed by atoms with Crippen LogP contribution >= 0.6 is 19.4 Å². The summed E-state index contributed by atoms with van der Waals surface area (Å²) in [5, 5.41) is 12.3. The van der Waals surface area contributed by atoms with E-state index in [1.165, 1.54) is 11.8 Å². The average molecular weight is 396 g/mol. The zero-order valence-electron chi connectivity index (χ0n) is 15.5. The number of thioether (sulfide) groups is 1. The second-order valence-corrected chi connectivity index (χ2v) is 9.51. The number of aliphatic hydroxyl groups is 1. The highest BCUT2D eigenvalue weighted by Gasteiger charge is 2.46. The number of para-hydroxylation sites is 2. The molecule has 0 spiro atoms. The highest BCUT2D eigenvalue weighted by Crippen LogP contribution is 2.54. The van der Waals surface area contributed by atoms with Gasteiger partial charge in [0.25, 0.3) is 0 Å². The molecule has 0 fully saturated rings. The van der Waals surface area contributed by atoms with Crippen LogP contribution in [-0.2, 0) is 19.3 Å². The number of imidazole rings is 1. The predicted octanol–water partition coefficient (Wildman–Crippen LogP) is 4.59. The van der Waals surface area contributed by atoms with Gasteiger partial charge in [-0.2, -0.15) is 0 Å². The molecule has 6 nitrogen and oxygen atoms in total. The van der Waals surface area contributed by atoms with Crippen LogP contribution in [0.3, 0.4) is 0 Å². The number of nitrogens with zero attached hydrogens (tertiary/aromatic N) is 2. The van der Waals surface area contributed by atoms with Crippen LogP contribution in [0.2, 0.25) is 0 Å². The van der Waals surface area contributed by atoms with Crippen LogP contribution in [-0.4, -0.2) is 34.0 Å². The smallest absolute Gasteiger partial charge is 0.334 e. The van der Waals surface area contributed by atoms with E-state index in [1.54, 1.807) is 19.9 Å². The fourth-order valence-corrected chi connectivity index (χ4v) is 6.07. The fraction of sp³-hybridized carbons (Fsp3) is 0.500. The van der Waals surface area contributed by atoms with Crippen molar-refractivity contribution in [3.05, 3.63) is 35.2 Å². The monoisotopic (exact) mass is 396 g/mol. The van der Waals surface area contributed by atoms with Gasteiger partial charge in [0, 0.05) is 10.8 Å². The van der Waals surface area contributed by atoms with Gasteiger partial charge in [0.2, 0.25) is 0 Å². The van der Waals surface area contributed by atoms with E-state index in [-0.39, 0.29) is 12.1 Å². The average Bonchev–Trinajstić information content (AvgIpc) is 3.09. The van der Waals surface area contributed by atoms with E-state index in [9.17, 15) is 9.67 Å². The van der Waals surface area contributed by atoms with Gasteiger partial charge in [-0.3, -0.25) is 9.13 Å². The summed E-state index contributed by atoms with van der Waals surface area (Å²) in [5.41, 5.74) is 0.495. The molecule has 1 atom stereocenters. The van der Waals surface area contributed by atoms with Gasteiger partial charge < -0.3 is 14.2 Å². The first-order chi connectivity index (χ1) is 12.4. The molecule has 1 aromatic carbocycles. The van der Waals surface area contributed by atoms with Crippen LogP contribution in [0.4, 0.5) is 0 Å². The Morgan fingerprint density at radius 2 is 1.96 bits per heavy atom. The zero-order chi connectivity index (χ0) is 18.9. The van der Waals surface area contributed by atoms with Crippen LogP contribution in [0.5, 0.6) is 0 Å². The lowest BCUT2D eigenvalue weighted by atomic mass is 9.98. The Hall–Kier alpha value is -1.11. The largest absolute Gasteiger partial charge is 0.366 e. The van der Waals surface area contributed by atoms with Gasteiger partial charge in [-0.05, 0) is 26.0 Å². The number of hydrogen-bond donors (Lipinski definition) is 1. The molecule has 142 valence electrons. The van der Waals surface area contributed by atoms with Gasteiger partial charge in [0.05, 0.1) is 30.4 Å². The lowest BCUT2D eigenvalue weighted by molar-refractivity contribution is -0.0342. The van der Waals surface area contributed by atoms with Crippen molar-refractivity contribution < 1.29 is 18.7 Å². The van der Waals surface area contributed by atoms with Crippen LogP contribution < -0.4 is 0 Å². The highest BCUT2D eigenvalue weighted by molar-refractivity contribution is 8.03. The maximum absolute atomic E-state index is 12.8. The Bertz CT molecular complexity index is 869. The molecule has 26 heavy (non-hydrogen) atoms. The van der Waals surface area contributed by atoms with Crippen molar-refractivity contribution in [3.8, 4) is 0 Å². The van der Waals surface area contributed by atoms with Gasteiger partial charge in [0.1, 0.15) is 0 Å². The lowest BCUT2D eigenvalue weighted by Crippen LogP contribution is -2.37. The number of allylic oxidation sites excluding steroid dienone is 1. The van der Waals surface area contributed by atoms with Gasteiger partial charge in [-0.25, -0.2) is 4.98 Å². The van der Waals surface area contributed by atoms with Crippen LogP contribution in [0.1, 0.15) is 27.7 Å². The number of benzene rings is 1. The third kappa shape index (κ3) is 3.27. The minimum Gasteiger partial charge on any atom is -0.366 e. The van der Waals surface area contributed by atoms with Crippen molar-refractivity contribution in [2.75, 3.05) is 19.4 Å². The molecule has 2 heterocycles. The third-order valence-electron chi connectivity index (χ3n) is 4.39. The molecule has 3 rings (SSSR count). The molecule has 1 aromatic heterocycles. The molecular formula is C18H25N2O4PS. The van der Waals surface area contributed by atoms with Crippen molar-refractivity contribution in [1.82, 2.24) is 9.55 Å². The Labute approximate surface area is 158 Å². The highest BCUT2D eigenvalue weighted by atomic mass is 32.2. The predicted molar refractivity (Wildman–Crippen MR) is 104 cm³/mol. The van der Waals surface area contributed by atoms with Crippen molar-refractivity contribution in [1.29, 1.82) is 0 Å². The molecule has 8 heteroatoms. The molecular weight excluding hydrogens is 371 g/mol.